The SMILES string of the molecule is Cc1cn([C@@]2(CCC#N)C[C@H](O)[C@@H](CO)O2)c(=O)[nH]c1=O. The Labute approximate surface area is 120 Å². The van der Waals surface area contributed by atoms with Crippen molar-refractivity contribution in [1.29, 1.82) is 5.26 Å². The van der Waals surface area contributed by atoms with E-state index in [1.807, 2.05) is 6.07 Å². The number of rotatable bonds is 4. The third kappa shape index (κ3) is 2.76. The molecule has 21 heavy (non-hydrogen) atoms. The second kappa shape index (κ2) is 5.81. The van der Waals surface area contributed by atoms with E-state index in [2.05, 4.69) is 4.98 Å². The summed E-state index contributed by atoms with van der Waals surface area (Å²) in [4.78, 5) is 25.7. The number of aliphatic hydroxyl groups is 2. The molecule has 1 aliphatic heterocycles. The molecule has 0 aliphatic carbocycles. The minimum Gasteiger partial charge on any atom is -0.394 e. The van der Waals surface area contributed by atoms with Gasteiger partial charge in [0.1, 0.15) is 6.10 Å². The molecule has 1 aromatic rings. The molecule has 0 saturated carbocycles. The van der Waals surface area contributed by atoms with Crippen LogP contribution in [0.1, 0.15) is 24.8 Å². The van der Waals surface area contributed by atoms with Crippen molar-refractivity contribution in [3.63, 3.8) is 0 Å². The highest BCUT2D eigenvalue weighted by Gasteiger charge is 2.47. The zero-order chi connectivity index (χ0) is 15.6. The molecule has 114 valence electrons. The maximum atomic E-state index is 12.0. The smallest absolute Gasteiger partial charge is 0.330 e. The molecule has 3 atom stereocenters. The number of aromatic nitrogens is 2. The maximum Gasteiger partial charge on any atom is 0.330 e. The summed E-state index contributed by atoms with van der Waals surface area (Å²) in [5, 5.41) is 27.9. The van der Waals surface area contributed by atoms with Crippen molar-refractivity contribution >= 4 is 0 Å². The molecule has 0 bridgehead atoms. The standard InChI is InChI=1S/C13H17N3O5/c1-8-6-16(12(20)15-11(8)19)13(3-2-4-14)5-9(18)10(7-17)21-13/h6,9-10,17-18H,2-3,5,7H2,1H3,(H,15,19,20)/t9-,10+,13+/m0/s1. The number of nitrogens with zero attached hydrogens (tertiary/aromatic N) is 2. The minimum atomic E-state index is -1.24. The van der Waals surface area contributed by atoms with Crippen molar-refractivity contribution in [2.24, 2.45) is 0 Å². The van der Waals surface area contributed by atoms with Gasteiger partial charge in [-0.2, -0.15) is 5.26 Å². The topological polar surface area (TPSA) is 128 Å². The van der Waals surface area contributed by atoms with Gasteiger partial charge in [0.15, 0.2) is 5.72 Å². The van der Waals surface area contributed by atoms with E-state index in [1.165, 1.54) is 10.8 Å². The summed E-state index contributed by atoms with van der Waals surface area (Å²) in [5.74, 6) is 0. The quantitative estimate of drug-likeness (QED) is 0.649. The van der Waals surface area contributed by atoms with Gasteiger partial charge in [-0.3, -0.25) is 14.3 Å². The highest BCUT2D eigenvalue weighted by molar-refractivity contribution is 5.05. The fourth-order valence-corrected chi connectivity index (χ4v) is 2.58. The van der Waals surface area contributed by atoms with Crippen LogP contribution in [-0.2, 0) is 10.5 Å². The number of aliphatic hydroxyl groups excluding tert-OH is 2. The lowest BCUT2D eigenvalue weighted by Crippen LogP contribution is -2.45. The monoisotopic (exact) mass is 295 g/mol. The van der Waals surface area contributed by atoms with Crippen LogP contribution in [0.15, 0.2) is 15.8 Å². The van der Waals surface area contributed by atoms with Gasteiger partial charge in [-0.05, 0) is 6.92 Å². The number of aromatic amines is 1. The van der Waals surface area contributed by atoms with Gasteiger partial charge in [0, 0.05) is 31.0 Å². The molecule has 1 fully saturated rings. The first-order valence-electron chi connectivity index (χ1n) is 6.60. The highest BCUT2D eigenvalue weighted by atomic mass is 16.6. The van der Waals surface area contributed by atoms with Crippen LogP contribution in [0.25, 0.3) is 0 Å². The number of hydrogen-bond donors (Lipinski definition) is 3. The van der Waals surface area contributed by atoms with Crippen molar-refractivity contribution < 1.29 is 14.9 Å². The van der Waals surface area contributed by atoms with Crippen LogP contribution in [0.2, 0.25) is 0 Å². The van der Waals surface area contributed by atoms with E-state index in [4.69, 9.17) is 10.00 Å². The van der Waals surface area contributed by atoms with Gasteiger partial charge in [0.2, 0.25) is 0 Å². The van der Waals surface area contributed by atoms with Gasteiger partial charge in [-0.1, -0.05) is 0 Å². The maximum absolute atomic E-state index is 12.0. The van der Waals surface area contributed by atoms with Gasteiger partial charge in [-0.25, -0.2) is 4.79 Å². The third-order valence-corrected chi connectivity index (χ3v) is 3.69. The van der Waals surface area contributed by atoms with Crippen molar-refractivity contribution in [3.05, 3.63) is 32.6 Å². The normalized spacial score (nSPS) is 28.5. The van der Waals surface area contributed by atoms with Crippen LogP contribution in [0.3, 0.4) is 0 Å². The van der Waals surface area contributed by atoms with E-state index in [-0.39, 0.29) is 19.3 Å². The summed E-state index contributed by atoms with van der Waals surface area (Å²) in [6.45, 7) is 1.15. The molecule has 2 heterocycles. The Kier molecular flexibility index (Phi) is 4.27. The molecule has 8 heteroatoms. The lowest BCUT2D eigenvalue weighted by atomic mass is 10.0. The van der Waals surface area contributed by atoms with Gasteiger partial charge in [-0.15, -0.1) is 0 Å². The van der Waals surface area contributed by atoms with Crippen molar-refractivity contribution in [1.82, 2.24) is 9.55 Å². The predicted octanol–water partition coefficient (Wildman–Crippen LogP) is -1.06. The lowest BCUT2D eigenvalue weighted by molar-refractivity contribution is -0.123. The van der Waals surface area contributed by atoms with Crippen LogP contribution in [0.5, 0.6) is 0 Å². The Morgan fingerprint density at radius 2 is 2.33 bits per heavy atom. The summed E-state index contributed by atoms with van der Waals surface area (Å²) in [7, 11) is 0. The van der Waals surface area contributed by atoms with E-state index >= 15 is 0 Å². The third-order valence-electron chi connectivity index (χ3n) is 3.69. The zero-order valence-electron chi connectivity index (χ0n) is 11.6. The van der Waals surface area contributed by atoms with Crippen molar-refractivity contribution in [2.45, 2.75) is 44.1 Å². The molecule has 0 spiro atoms. The lowest BCUT2D eigenvalue weighted by Gasteiger charge is -2.30. The Hall–Kier alpha value is -1.95. The van der Waals surface area contributed by atoms with E-state index < -0.39 is 35.8 Å². The molecule has 1 aliphatic rings. The molecule has 0 amide bonds. The van der Waals surface area contributed by atoms with Crippen LogP contribution in [0.4, 0.5) is 0 Å². The highest BCUT2D eigenvalue weighted by Crippen LogP contribution is 2.37. The molecule has 8 nitrogen and oxygen atoms in total. The zero-order valence-corrected chi connectivity index (χ0v) is 11.6. The Morgan fingerprint density at radius 1 is 1.62 bits per heavy atom. The average molecular weight is 295 g/mol. The second-order valence-electron chi connectivity index (χ2n) is 5.16. The molecular weight excluding hydrogens is 278 g/mol. The van der Waals surface area contributed by atoms with Crippen LogP contribution in [0, 0.1) is 18.3 Å². The molecule has 3 N–H and O–H groups in total. The van der Waals surface area contributed by atoms with Crippen molar-refractivity contribution in [3.8, 4) is 6.07 Å². The van der Waals surface area contributed by atoms with Gasteiger partial charge >= 0.3 is 5.69 Å². The van der Waals surface area contributed by atoms with Gasteiger partial charge in [0.05, 0.1) is 18.8 Å². The Balaban J connectivity index is 2.52. The number of ether oxygens (including phenoxy) is 1. The fourth-order valence-electron chi connectivity index (χ4n) is 2.58. The van der Waals surface area contributed by atoms with Gasteiger partial charge < -0.3 is 14.9 Å². The first kappa shape index (κ1) is 15.4. The summed E-state index contributed by atoms with van der Waals surface area (Å²) in [5.41, 5.74) is -2.09. The predicted molar refractivity (Wildman–Crippen MR) is 71.5 cm³/mol. The van der Waals surface area contributed by atoms with Crippen LogP contribution in [-0.4, -0.2) is 38.6 Å². The van der Waals surface area contributed by atoms with E-state index in [0.717, 1.165) is 0 Å². The average Bonchev–Trinajstić information content (AvgIpc) is 2.78. The number of nitrogens with one attached hydrogen (secondary N) is 1. The Morgan fingerprint density at radius 3 is 2.90 bits per heavy atom. The molecule has 0 unspecified atom stereocenters. The number of aryl methyl sites for hydroxylation is 1. The summed E-state index contributed by atoms with van der Waals surface area (Å²) < 4.78 is 6.86. The summed E-state index contributed by atoms with van der Waals surface area (Å²) in [6.07, 6.45) is -0.0931. The first-order chi connectivity index (χ1) is 9.93. The Bertz CT molecular complexity index is 674. The molecule has 1 saturated heterocycles. The molecule has 0 radical (unpaired) electrons. The number of nitriles is 1. The minimum absolute atomic E-state index is 0.0608. The summed E-state index contributed by atoms with van der Waals surface area (Å²) >= 11 is 0. The molecule has 0 aromatic carbocycles. The van der Waals surface area contributed by atoms with E-state index in [1.54, 1.807) is 6.92 Å². The second-order valence-corrected chi connectivity index (χ2v) is 5.16. The number of H-pyrrole nitrogens is 1. The largest absolute Gasteiger partial charge is 0.394 e. The van der Waals surface area contributed by atoms with E-state index in [9.17, 15) is 19.8 Å². The molecular formula is C13H17N3O5. The van der Waals surface area contributed by atoms with Crippen LogP contribution >= 0.6 is 0 Å². The molecule has 1 aromatic heterocycles. The fraction of sp³-hybridized carbons (Fsp3) is 0.615. The van der Waals surface area contributed by atoms with Crippen LogP contribution < -0.4 is 11.2 Å². The summed E-state index contributed by atoms with van der Waals surface area (Å²) in [6, 6.07) is 1.97. The van der Waals surface area contributed by atoms with Crippen molar-refractivity contribution in [2.75, 3.05) is 6.61 Å². The first-order valence-corrected chi connectivity index (χ1v) is 6.60. The van der Waals surface area contributed by atoms with E-state index in [0.29, 0.717) is 5.56 Å². The molecule has 2 rings (SSSR count). The number of hydrogen-bond acceptors (Lipinski definition) is 6. The van der Waals surface area contributed by atoms with Gasteiger partial charge in [0.25, 0.3) is 5.56 Å².